The molecule has 0 aliphatic rings. The minimum Gasteiger partial charge on any atom is -0.381 e. The summed E-state index contributed by atoms with van der Waals surface area (Å²) in [6.45, 7) is 3.39. The molecule has 0 saturated heterocycles. The van der Waals surface area contributed by atoms with Gasteiger partial charge in [-0.25, -0.2) is 4.79 Å². The molecule has 0 atom stereocenters. The van der Waals surface area contributed by atoms with Gasteiger partial charge >= 0.3 is 0 Å². The molecule has 0 radical (unpaired) electrons. The lowest BCUT2D eigenvalue weighted by Crippen LogP contribution is -1.99. The molecule has 74 valence electrons. The Bertz CT molecular complexity index is 325. The van der Waals surface area contributed by atoms with E-state index in [-0.39, 0.29) is 0 Å². The lowest BCUT2D eigenvalue weighted by molar-refractivity contribution is 0.151. The van der Waals surface area contributed by atoms with E-state index in [0.717, 1.165) is 24.2 Å². The van der Waals surface area contributed by atoms with E-state index < -0.39 is 0 Å². The topological polar surface area (TPSA) is 26.3 Å². The van der Waals surface area contributed by atoms with Crippen molar-refractivity contribution < 1.29 is 9.53 Å². The van der Waals surface area contributed by atoms with Crippen molar-refractivity contribution in [2.24, 2.45) is 0 Å². The first kappa shape index (κ1) is 10.7. The first-order chi connectivity index (χ1) is 6.88. The van der Waals surface area contributed by atoms with E-state index in [1.165, 1.54) is 6.08 Å². The molecular formula is C12H14O2. The predicted octanol–water partition coefficient (Wildman–Crippen LogP) is 2.11. The maximum Gasteiger partial charge on any atom is 0.125 e. The van der Waals surface area contributed by atoms with Gasteiger partial charge in [0.15, 0.2) is 0 Å². The molecule has 0 bridgehead atoms. The van der Waals surface area contributed by atoms with Gasteiger partial charge in [-0.05, 0) is 24.5 Å². The number of benzene rings is 1. The molecule has 0 aliphatic carbocycles. The highest BCUT2D eigenvalue weighted by Crippen LogP contribution is 2.10. The lowest BCUT2D eigenvalue weighted by atomic mass is 10.1. The normalized spacial score (nSPS) is 9.50. The molecule has 0 fully saturated rings. The summed E-state index contributed by atoms with van der Waals surface area (Å²) in [6.07, 6.45) is 2.30. The molecular weight excluding hydrogens is 176 g/mol. The number of hydrogen-bond acceptors (Lipinski definition) is 2. The molecule has 0 spiro atoms. The Kier molecular flexibility index (Phi) is 4.70. The van der Waals surface area contributed by atoms with Crippen molar-refractivity contribution in [3.63, 3.8) is 0 Å². The Hall–Kier alpha value is -1.37. The number of hydrogen-bond donors (Lipinski definition) is 0. The molecule has 2 nitrogen and oxygen atoms in total. The molecule has 1 aromatic rings. The van der Waals surface area contributed by atoms with Crippen LogP contribution in [0.15, 0.2) is 24.3 Å². The van der Waals surface area contributed by atoms with Crippen molar-refractivity contribution in [3.8, 4) is 0 Å². The third-order valence-corrected chi connectivity index (χ3v) is 1.99. The van der Waals surface area contributed by atoms with Crippen LogP contribution in [0.3, 0.4) is 0 Å². The van der Waals surface area contributed by atoms with Gasteiger partial charge in [-0.1, -0.05) is 24.3 Å². The lowest BCUT2D eigenvalue weighted by Gasteiger charge is -2.04. The first-order valence-corrected chi connectivity index (χ1v) is 4.75. The van der Waals surface area contributed by atoms with E-state index in [9.17, 15) is 4.79 Å². The first-order valence-electron chi connectivity index (χ1n) is 4.75. The van der Waals surface area contributed by atoms with Gasteiger partial charge in [0.05, 0.1) is 6.61 Å². The molecule has 0 aromatic heterocycles. The standard InChI is InChI=1S/C12H14O2/c1-2-14-10-8-12-6-4-3-5-11(12)7-9-13/h3-7H,2,8,10H2,1H3. The highest BCUT2D eigenvalue weighted by Gasteiger charge is 1.98. The monoisotopic (exact) mass is 190 g/mol. The van der Waals surface area contributed by atoms with Crippen LogP contribution in [0.25, 0.3) is 6.08 Å². The summed E-state index contributed by atoms with van der Waals surface area (Å²) in [7, 11) is 0. The van der Waals surface area contributed by atoms with Gasteiger partial charge in [0.2, 0.25) is 0 Å². The van der Waals surface area contributed by atoms with Gasteiger partial charge in [-0.3, -0.25) is 0 Å². The van der Waals surface area contributed by atoms with Crippen LogP contribution in [0.4, 0.5) is 0 Å². The quantitative estimate of drug-likeness (QED) is 0.525. The summed E-state index contributed by atoms with van der Waals surface area (Å²) in [5, 5.41) is 0. The van der Waals surface area contributed by atoms with E-state index in [2.05, 4.69) is 0 Å². The Labute approximate surface area is 84.2 Å². The van der Waals surface area contributed by atoms with Crippen LogP contribution >= 0.6 is 0 Å². The summed E-state index contributed by atoms with van der Waals surface area (Å²) in [5.41, 5.74) is 2.06. The zero-order valence-corrected chi connectivity index (χ0v) is 8.32. The van der Waals surface area contributed by atoms with Crippen molar-refractivity contribution >= 4 is 12.0 Å². The van der Waals surface area contributed by atoms with Crippen molar-refractivity contribution in [2.45, 2.75) is 13.3 Å². The molecule has 0 aliphatic heterocycles. The molecule has 0 heterocycles. The maximum atomic E-state index is 10.2. The number of rotatable bonds is 5. The van der Waals surface area contributed by atoms with Gasteiger partial charge in [-0.15, -0.1) is 0 Å². The molecule has 0 saturated carbocycles. The third-order valence-electron chi connectivity index (χ3n) is 1.99. The van der Waals surface area contributed by atoms with E-state index in [1.807, 2.05) is 31.2 Å². The minimum absolute atomic E-state index is 0.695. The number of carbonyl (C=O) groups excluding carboxylic acids is 1. The predicted molar refractivity (Wildman–Crippen MR) is 56.8 cm³/mol. The number of ether oxygens (including phenoxy) is 1. The van der Waals surface area contributed by atoms with Crippen LogP contribution in [0.5, 0.6) is 0 Å². The van der Waals surface area contributed by atoms with Crippen molar-refractivity contribution in [3.05, 3.63) is 35.4 Å². The summed E-state index contributed by atoms with van der Waals surface area (Å²) < 4.78 is 5.26. The highest BCUT2D eigenvalue weighted by atomic mass is 16.5. The van der Waals surface area contributed by atoms with Gasteiger partial charge in [0.1, 0.15) is 5.94 Å². The Morgan fingerprint density at radius 2 is 2.21 bits per heavy atom. The molecule has 0 amide bonds. The van der Waals surface area contributed by atoms with Gasteiger partial charge < -0.3 is 4.74 Å². The maximum absolute atomic E-state index is 10.2. The SMILES string of the molecule is CCOCCc1ccccc1C=C=O. The van der Waals surface area contributed by atoms with Crippen molar-refractivity contribution in [2.75, 3.05) is 13.2 Å². The zero-order chi connectivity index (χ0) is 10.2. The van der Waals surface area contributed by atoms with Gasteiger partial charge in [0, 0.05) is 12.7 Å². The Morgan fingerprint density at radius 1 is 1.43 bits per heavy atom. The van der Waals surface area contributed by atoms with Gasteiger partial charge in [0.25, 0.3) is 0 Å². The summed E-state index contributed by atoms with van der Waals surface area (Å²) >= 11 is 0. The smallest absolute Gasteiger partial charge is 0.125 e. The van der Waals surface area contributed by atoms with Crippen LogP contribution in [-0.4, -0.2) is 19.2 Å². The molecule has 1 rings (SSSR count). The van der Waals surface area contributed by atoms with Crippen LogP contribution in [0.1, 0.15) is 18.1 Å². The molecule has 2 heteroatoms. The van der Waals surface area contributed by atoms with Crippen LogP contribution < -0.4 is 0 Å². The zero-order valence-electron chi connectivity index (χ0n) is 8.32. The summed E-state index contributed by atoms with van der Waals surface area (Å²) in [4.78, 5) is 10.2. The van der Waals surface area contributed by atoms with Crippen molar-refractivity contribution in [1.29, 1.82) is 0 Å². The van der Waals surface area contributed by atoms with Gasteiger partial charge in [-0.2, -0.15) is 0 Å². The Morgan fingerprint density at radius 3 is 2.93 bits per heavy atom. The molecule has 0 N–H and O–H groups in total. The third kappa shape index (κ3) is 3.17. The second kappa shape index (κ2) is 6.14. The summed E-state index contributed by atoms with van der Waals surface area (Å²) in [5.74, 6) is 1.80. The van der Waals surface area contributed by atoms with Crippen LogP contribution in [0, 0.1) is 0 Å². The van der Waals surface area contributed by atoms with Crippen molar-refractivity contribution in [1.82, 2.24) is 0 Å². The molecule has 14 heavy (non-hydrogen) atoms. The molecule has 0 unspecified atom stereocenters. The van der Waals surface area contributed by atoms with Crippen LogP contribution in [0.2, 0.25) is 0 Å². The average Bonchev–Trinajstić information content (AvgIpc) is 2.21. The second-order valence-electron chi connectivity index (χ2n) is 2.91. The fraction of sp³-hybridized carbons (Fsp3) is 0.333. The van der Waals surface area contributed by atoms with E-state index in [4.69, 9.17) is 4.74 Å². The van der Waals surface area contributed by atoms with E-state index >= 15 is 0 Å². The summed E-state index contributed by atoms with van der Waals surface area (Å²) in [6, 6.07) is 7.78. The fourth-order valence-corrected chi connectivity index (χ4v) is 1.29. The fourth-order valence-electron chi connectivity index (χ4n) is 1.29. The second-order valence-corrected chi connectivity index (χ2v) is 2.91. The van der Waals surface area contributed by atoms with Crippen LogP contribution in [-0.2, 0) is 16.0 Å². The average molecular weight is 190 g/mol. The Balaban J connectivity index is 2.69. The minimum atomic E-state index is 0.695. The largest absolute Gasteiger partial charge is 0.381 e. The van der Waals surface area contributed by atoms with E-state index in [0.29, 0.717) is 6.61 Å². The highest BCUT2D eigenvalue weighted by molar-refractivity contribution is 5.76. The molecule has 1 aromatic carbocycles. The van der Waals surface area contributed by atoms with E-state index in [1.54, 1.807) is 5.94 Å².